The van der Waals surface area contributed by atoms with Gasteiger partial charge in [-0.2, -0.15) is 0 Å². The van der Waals surface area contributed by atoms with Gasteiger partial charge in [-0.05, 0) is 12.1 Å². The molecule has 6 heteroatoms. The Hall–Kier alpha value is -2.50. The van der Waals surface area contributed by atoms with Crippen LogP contribution in [0.3, 0.4) is 0 Å². The highest BCUT2D eigenvalue weighted by Gasteiger charge is 2.09. The zero-order valence-corrected chi connectivity index (χ0v) is 10.3. The molecule has 2 aromatic heterocycles. The number of fused-ring (bicyclic) bond motifs is 1. The molecule has 96 valence electrons. The van der Waals surface area contributed by atoms with E-state index in [1.807, 2.05) is 17.8 Å². The van der Waals surface area contributed by atoms with Crippen molar-refractivity contribution in [3.8, 4) is 0 Å². The first-order chi connectivity index (χ1) is 9.25. The fourth-order valence-electron chi connectivity index (χ4n) is 1.93. The second kappa shape index (κ2) is 4.64. The Labute approximate surface area is 109 Å². The number of hydrogen-bond donors (Lipinski definition) is 1. The Morgan fingerprint density at radius 2 is 2.16 bits per heavy atom. The molecular weight excluding hydrogens is 245 g/mol. The molecule has 0 saturated heterocycles. The van der Waals surface area contributed by atoms with Crippen molar-refractivity contribution in [1.29, 1.82) is 0 Å². The molecule has 0 aliphatic rings. The fraction of sp³-hybridized carbons (Fsp3) is 0.154. The highest BCUT2D eigenvalue weighted by Crippen LogP contribution is 2.22. The molecule has 1 aromatic carbocycles. The van der Waals surface area contributed by atoms with Gasteiger partial charge in [-0.15, -0.1) is 0 Å². The summed E-state index contributed by atoms with van der Waals surface area (Å²) in [6.45, 7) is 0.476. The van der Waals surface area contributed by atoms with Crippen molar-refractivity contribution in [2.75, 3.05) is 5.32 Å². The minimum Gasteiger partial charge on any atom is -0.362 e. The molecule has 5 nitrogen and oxygen atoms in total. The van der Waals surface area contributed by atoms with E-state index in [-0.39, 0.29) is 5.82 Å². The molecule has 0 spiro atoms. The van der Waals surface area contributed by atoms with Gasteiger partial charge in [0, 0.05) is 19.4 Å². The number of benzene rings is 1. The zero-order chi connectivity index (χ0) is 13.2. The van der Waals surface area contributed by atoms with Crippen molar-refractivity contribution in [2.24, 2.45) is 7.05 Å². The topological polar surface area (TPSA) is 55.6 Å². The van der Waals surface area contributed by atoms with Crippen molar-refractivity contribution >= 4 is 16.7 Å². The average molecular weight is 257 g/mol. The van der Waals surface area contributed by atoms with E-state index in [4.69, 9.17) is 0 Å². The molecule has 0 atom stereocenters. The summed E-state index contributed by atoms with van der Waals surface area (Å²) < 4.78 is 15.7. The molecule has 3 rings (SSSR count). The third kappa shape index (κ3) is 2.12. The van der Waals surface area contributed by atoms with Crippen LogP contribution in [-0.2, 0) is 13.6 Å². The van der Waals surface area contributed by atoms with E-state index < -0.39 is 0 Å². The number of anilines is 1. The average Bonchev–Trinajstić information content (AvgIpc) is 2.82. The van der Waals surface area contributed by atoms with Crippen LogP contribution >= 0.6 is 0 Å². The Bertz CT molecular complexity index is 717. The van der Waals surface area contributed by atoms with Crippen molar-refractivity contribution in [3.05, 3.63) is 48.6 Å². The minimum atomic E-state index is -0.333. The molecule has 3 aromatic rings. The number of imidazole rings is 1. The van der Waals surface area contributed by atoms with Gasteiger partial charge in [0.05, 0.1) is 17.4 Å². The Balaban J connectivity index is 1.95. The maximum Gasteiger partial charge on any atom is 0.140 e. The van der Waals surface area contributed by atoms with Gasteiger partial charge in [0.2, 0.25) is 0 Å². The SMILES string of the molecule is Cn1ccnc1CNc1ncnc2cccc(F)c12. The first kappa shape index (κ1) is 11.6. The number of nitrogens with zero attached hydrogens (tertiary/aromatic N) is 4. The third-order valence-corrected chi connectivity index (χ3v) is 2.95. The summed E-state index contributed by atoms with van der Waals surface area (Å²) in [4.78, 5) is 12.3. The standard InChI is InChI=1S/C13H12FN5/c1-19-6-5-15-11(19)7-16-13-12-9(14)3-2-4-10(12)17-8-18-13/h2-6,8H,7H2,1H3,(H,16,17,18). The largest absolute Gasteiger partial charge is 0.362 e. The molecule has 0 bridgehead atoms. The van der Waals surface area contributed by atoms with Crippen LogP contribution in [0.4, 0.5) is 10.2 Å². The van der Waals surface area contributed by atoms with Crippen molar-refractivity contribution in [2.45, 2.75) is 6.54 Å². The van der Waals surface area contributed by atoms with Gasteiger partial charge in [-0.3, -0.25) is 0 Å². The van der Waals surface area contributed by atoms with Gasteiger partial charge in [-0.25, -0.2) is 19.3 Å². The number of nitrogens with one attached hydrogen (secondary N) is 1. The van der Waals surface area contributed by atoms with Crippen LogP contribution in [-0.4, -0.2) is 19.5 Å². The third-order valence-electron chi connectivity index (χ3n) is 2.95. The summed E-state index contributed by atoms with van der Waals surface area (Å²) >= 11 is 0. The molecule has 0 fully saturated rings. The van der Waals surface area contributed by atoms with Gasteiger partial charge in [0.1, 0.15) is 23.8 Å². The predicted molar refractivity (Wildman–Crippen MR) is 70.0 cm³/mol. The van der Waals surface area contributed by atoms with Crippen LogP contribution < -0.4 is 5.32 Å². The summed E-state index contributed by atoms with van der Waals surface area (Å²) in [7, 11) is 1.91. The molecule has 0 radical (unpaired) electrons. The molecule has 2 heterocycles. The van der Waals surface area contributed by atoms with Crippen molar-refractivity contribution < 1.29 is 4.39 Å². The Morgan fingerprint density at radius 3 is 2.95 bits per heavy atom. The lowest BCUT2D eigenvalue weighted by Gasteiger charge is -2.08. The summed E-state index contributed by atoms with van der Waals surface area (Å²) in [6.07, 6.45) is 4.99. The Kier molecular flexibility index (Phi) is 2.83. The minimum absolute atomic E-state index is 0.333. The molecular formula is C13H12FN5. The second-order valence-electron chi connectivity index (χ2n) is 4.16. The van der Waals surface area contributed by atoms with Gasteiger partial charge in [-0.1, -0.05) is 6.07 Å². The lowest BCUT2D eigenvalue weighted by molar-refractivity contribution is 0.639. The van der Waals surface area contributed by atoms with Gasteiger partial charge in [0.15, 0.2) is 0 Å². The first-order valence-electron chi connectivity index (χ1n) is 5.85. The van der Waals surface area contributed by atoms with Crippen molar-refractivity contribution in [1.82, 2.24) is 19.5 Å². The Morgan fingerprint density at radius 1 is 1.26 bits per heavy atom. The molecule has 0 unspecified atom stereocenters. The monoisotopic (exact) mass is 257 g/mol. The van der Waals surface area contributed by atoms with Gasteiger partial charge in [0.25, 0.3) is 0 Å². The molecule has 0 aliphatic heterocycles. The summed E-state index contributed by atoms with van der Waals surface area (Å²) in [5.41, 5.74) is 0.581. The summed E-state index contributed by atoms with van der Waals surface area (Å²) in [6, 6.07) is 4.79. The van der Waals surface area contributed by atoms with Gasteiger partial charge < -0.3 is 9.88 Å². The number of rotatable bonds is 3. The molecule has 1 N–H and O–H groups in total. The van der Waals surface area contributed by atoms with Crippen LogP contribution in [0, 0.1) is 5.82 Å². The number of aryl methyl sites for hydroxylation is 1. The maximum absolute atomic E-state index is 13.9. The molecule has 0 aliphatic carbocycles. The first-order valence-corrected chi connectivity index (χ1v) is 5.85. The number of aromatic nitrogens is 4. The van der Waals surface area contributed by atoms with E-state index in [2.05, 4.69) is 20.3 Å². The lowest BCUT2D eigenvalue weighted by Crippen LogP contribution is -2.07. The van der Waals surface area contributed by atoms with Crippen LogP contribution in [0.2, 0.25) is 0 Å². The number of halogens is 1. The molecule has 19 heavy (non-hydrogen) atoms. The smallest absolute Gasteiger partial charge is 0.140 e. The fourth-order valence-corrected chi connectivity index (χ4v) is 1.93. The second-order valence-corrected chi connectivity index (χ2v) is 4.16. The van der Waals surface area contributed by atoms with E-state index in [0.29, 0.717) is 23.3 Å². The number of hydrogen-bond acceptors (Lipinski definition) is 4. The van der Waals surface area contributed by atoms with Crippen LogP contribution in [0.1, 0.15) is 5.82 Å². The van der Waals surface area contributed by atoms with Gasteiger partial charge >= 0.3 is 0 Å². The van der Waals surface area contributed by atoms with Crippen LogP contribution in [0.5, 0.6) is 0 Å². The van der Waals surface area contributed by atoms with Crippen LogP contribution in [0.15, 0.2) is 36.9 Å². The van der Waals surface area contributed by atoms with E-state index in [0.717, 1.165) is 5.82 Å². The molecule has 0 saturated carbocycles. The van der Waals surface area contributed by atoms with Crippen LogP contribution in [0.25, 0.3) is 10.9 Å². The summed E-state index contributed by atoms with van der Waals surface area (Å²) in [5.74, 6) is 0.995. The highest BCUT2D eigenvalue weighted by atomic mass is 19.1. The maximum atomic E-state index is 13.9. The zero-order valence-electron chi connectivity index (χ0n) is 10.3. The molecule has 0 amide bonds. The van der Waals surface area contributed by atoms with E-state index >= 15 is 0 Å². The van der Waals surface area contributed by atoms with E-state index in [9.17, 15) is 4.39 Å². The lowest BCUT2D eigenvalue weighted by atomic mass is 10.2. The highest BCUT2D eigenvalue weighted by molar-refractivity contribution is 5.89. The summed E-state index contributed by atoms with van der Waals surface area (Å²) in [5, 5.41) is 3.50. The van der Waals surface area contributed by atoms with E-state index in [1.54, 1.807) is 18.3 Å². The quantitative estimate of drug-likeness (QED) is 0.780. The van der Waals surface area contributed by atoms with Crippen molar-refractivity contribution in [3.63, 3.8) is 0 Å². The predicted octanol–water partition coefficient (Wildman–Crippen LogP) is 2.11. The van der Waals surface area contributed by atoms with E-state index in [1.165, 1.54) is 12.4 Å². The normalized spacial score (nSPS) is 10.8.